The molecule has 4 heteroatoms. The molecule has 82 valence electrons. The summed E-state index contributed by atoms with van der Waals surface area (Å²) in [5.74, 6) is -1.51. The third-order valence-corrected chi connectivity index (χ3v) is 2.34. The maximum absolute atomic E-state index is 10.6. The van der Waals surface area contributed by atoms with Crippen LogP contribution in [-0.4, -0.2) is 21.3 Å². The number of carboxylic acid groups (broad SMARTS) is 1. The smallest absolute Gasteiger partial charge is 0.306 e. The van der Waals surface area contributed by atoms with E-state index in [0.717, 1.165) is 0 Å². The number of aryl methyl sites for hydroxylation is 1. The maximum atomic E-state index is 10.6. The van der Waals surface area contributed by atoms with E-state index < -0.39 is 11.9 Å². The molecule has 0 bridgehead atoms. The second-order valence-electron chi connectivity index (χ2n) is 3.71. The molecular weight excluding hydrogens is 196 g/mol. The van der Waals surface area contributed by atoms with Gasteiger partial charge in [0.2, 0.25) is 0 Å². The lowest BCUT2D eigenvalue weighted by atomic mass is 9.98. The molecular formula is C11H14O4. The molecule has 0 aliphatic carbocycles. The van der Waals surface area contributed by atoms with E-state index in [1.807, 2.05) is 0 Å². The van der Waals surface area contributed by atoms with Crippen molar-refractivity contribution in [3.63, 3.8) is 0 Å². The minimum Gasteiger partial charge on any atom is -0.508 e. The van der Waals surface area contributed by atoms with Crippen LogP contribution in [0.1, 0.15) is 18.1 Å². The van der Waals surface area contributed by atoms with Gasteiger partial charge in [0.25, 0.3) is 0 Å². The minimum atomic E-state index is -0.903. The standard InChI is InChI=1S/C11H14O4/c1-6-3-8(4-7(2)11(14)15)10(13)5-9(6)12/h3,5,7,12-13H,4H2,1-2H3,(H,14,15). The van der Waals surface area contributed by atoms with Gasteiger partial charge in [0.05, 0.1) is 5.92 Å². The highest BCUT2D eigenvalue weighted by atomic mass is 16.4. The SMILES string of the molecule is Cc1cc(CC(C)C(=O)O)c(O)cc1O. The fourth-order valence-electron chi connectivity index (χ4n) is 1.33. The Morgan fingerprint density at radius 1 is 1.33 bits per heavy atom. The number of phenolic OH excluding ortho intramolecular Hbond substituents is 2. The van der Waals surface area contributed by atoms with Crippen LogP contribution < -0.4 is 0 Å². The Morgan fingerprint density at radius 2 is 1.93 bits per heavy atom. The van der Waals surface area contributed by atoms with Crippen molar-refractivity contribution in [1.82, 2.24) is 0 Å². The zero-order chi connectivity index (χ0) is 11.6. The van der Waals surface area contributed by atoms with Crippen LogP contribution in [0.3, 0.4) is 0 Å². The minimum absolute atomic E-state index is 0.0132. The molecule has 0 saturated heterocycles. The molecule has 0 aliphatic rings. The Kier molecular flexibility index (Phi) is 3.19. The molecule has 0 fully saturated rings. The lowest BCUT2D eigenvalue weighted by Crippen LogP contribution is -2.12. The molecule has 4 nitrogen and oxygen atoms in total. The molecule has 1 rings (SSSR count). The van der Waals surface area contributed by atoms with E-state index >= 15 is 0 Å². The van der Waals surface area contributed by atoms with Crippen molar-refractivity contribution in [2.24, 2.45) is 5.92 Å². The van der Waals surface area contributed by atoms with Gasteiger partial charge in [-0.3, -0.25) is 4.79 Å². The van der Waals surface area contributed by atoms with Crippen molar-refractivity contribution in [3.8, 4) is 11.5 Å². The summed E-state index contributed by atoms with van der Waals surface area (Å²) in [6.45, 7) is 3.27. The number of carbonyl (C=O) groups is 1. The van der Waals surface area contributed by atoms with Gasteiger partial charge in [-0.1, -0.05) is 6.92 Å². The molecule has 0 radical (unpaired) electrons. The van der Waals surface area contributed by atoms with Crippen molar-refractivity contribution < 1.29 is 20.1 Å². The predicted molar refractivity (Wildman–Crippen MR) is 55.0 cm³/mol. The Hall–Kier alpha value is -1.71. The third kappa shape index (κ3) is 2.62. The van der Waals surface area contributed by atoms with Crippen molar-refractivity contribution in [3.05, 3.63) is 23.3 Å². The van der Waals surface area contributed by atoms with Crippen LogP contribution in [0.25, 0.3) is 0 Å². The van der Waals surface area contributed by atoms with Crippen LogP contribution >= 0.6 is 0 Å². The summed E-state index contributed by atoms with van der Waals surface area (Å²) in [7, 11) is 0. The molecule has 0 aromatic heterocycles. The normalized spacial score (nSPS) is 12.4. The molecule has 3 N–H and O–H groups in total. The molecule has 0 spiro atoms. The molecule has 15 heavy (non-hydrogen) atoms. The molecule has 0 heterocycles. The molecule has 1 aromatic rings. The van der Waals surface area contributed by atoms with Crippen LogP contribution in [0, 0.1) is 12.8 Å². The highest BCUT2D eigenvalue weighted by Gasteiger charge is 2.15. The van der Waals surface area contributed by atoms with E-state index in [-0.39, 0.29) is 17.9 Å². The first-order valence-electron chi connectivity index (χ1n) is 4.66. The van der Waals surface area contributed by atoms with Gasteiger partial charge in [-0.15, -0.1) is 0 Å². The zero-order valence-corrected chi connectivity index (χ0v) is 8.69. The van der Waals surface area contributed by atoms with Crippen molar-refractivity contribution in [1.29, 1.82) is 0 Å². The van der Waals surface area contributed by atoms with Gasteiger partial charge in [0.15, 0.2) is 0 Å². The highest BCUT2D eigenvalue weighted by molar-refractivity contribution is 5.70. The van der Waals surface area contributed by atoms with E-state index in [9.17, 15) is 15.0 Å². The largest absolute Gasteiger partial charge is 0.508 e. The topological polar surface area (TPSA) is 77.8 Å². The number of aliphatic carboxylic acids is 1. The van der Waals surface area contributed by atoms with Crippen molar-refractivity contribution >= 4 is 5.97 Å². The molecule has 1 unspecified atom stereocenters. The Labute approximate surface area is 87.8 Å². The van der Waals surface area contributed by atoms with Crippen LogP contribution in [0.15, 0.2) is 12.1 Å². The van der Waals surface area contributed by atoms with Crippen LogP contribution in [0.4, 0.5) is 0 Å². The number of rotatable bonds is 3. The van der Waals surface area contributed by atoms with E-state index in [4.69, 9.17) is 5.11 Å². The summed E-state index contributed by atoms with van der Waals surface area (Å²) in [6.07, 6.45) is 0.252. The van der Waals surface area contributed by atoms with Crippen LogP contribution in [-0.2, 0) is 11.2 Å². The maximum Gasteiger partial charge on any atom is 0.306 e. The average molecular weight is 210 g/mol. The summed E-state index contributed by atoms with van der Waals surface area (Å²) in [5.41, 5.74) is 1.17. The fourth-order valence-corrected chi connectivity index (χ4v) is 1.33. The Balaban J connectivity index is 2.95. The van der Waals surface area contributed by atoms with Gasteiger partial charge < -0.3 is 15.3 Å². The molecule has 1 aromatic carbocycles. The van der Waals surface area contributed by atoms with E-state index in [1.54, 1.807) is 19.9 Å². The number of hydrogen-bond acceptors (Lipinski definition) is 3. The molecule has 1 atom stereocenters. The molecule has 0 aliphatic heterocycles. The van der Waals surface area contributed by atoms with Gasteiger partial charge >= 0.3 is 5.97 Å². The third-order valence-electron chi connectivity index (χ3n) is 2.34. The average Bonchev–Trinajstić information content (AvgIpc) is 2.13. The quantitative estimate of drug-likeness (QED) is 0.709. The summed E-state index contributed by atoms with van der Waals surface area (Å²) < 4.78 is 0. The van der Waals surface area contributed by atoms with Gasteiger partial charge in [-0.2, -0.15) is 0 Å². The van der Waals surface area contributed by atoms with Gasteiger partial charge in [-0.05, 0) is 30.5 Å². The van der Waals surface area contributed by atoms with Crippen LogP contribution in [0.5, 0.6) is 11.5 Å². The van der Waals surface area contributed by atoms with E-state index in [1.165, 1.54) is 6.07 Å². The summed E-state index contributed by atoms with van der Waals surface area (Å²) in [5, 5.41) is 27.5. The van der Waals surface area contributed by atoms with Gasteiger partial charge in [0.1, 0.15) is 11.5 Å². The first-order chi connectivity index (χ1) is 6.91. The number of aromatic hydroxyl groups is 2. The fraction of sp³-hybridized carbons (Fsp3) is 0.364. The van der Waals surface area contributed by atoms with E-state index in [0.29, 0.717) is 11.1 Å². The summed E-state index contributed by atoms with van der Waals surface area (Å²) in [4.78, 5) is 10.6. The summed E-state index contributed by atoms with van der Waals surface area (Å²) >= 11 is 0. The first kappa shape index (κ1) is 11.4. The van der Waals surface area contributed by atoms with Crippen LogP contribution in [0.2, 0.25) is 0 Å². The Morgan fingerprint density at radius 3 is 2.47 bits per heavy atom. The number of benzene rings is 1. The predicted octanol–water partition coefficient (Wildman–Crippen LogP) is 1.67. The highest BCUT2D eigenvalue weighted by Crippen LogP contribution is 2.28. The van der Waals surface area contributed by atoms with E-state index in [2.05, 4.69) is 0 Å². The Bertz CT molecular complexity index is 384. The molecule has 0 amide bonds. The number of phenols is 2. The van der Waals surface area contributed by atoms with Crippen molar-refractivity contribution in [2.75, 3.05) is 0 Å². The second-order valence-corrected chi connectivity index (χ2v) is 3.71. The first-order valence-corrected chi connectivity index (χ1v) is 4.66. The second kappa shape index (κ2) is 4.21. The van der Waals surface area contributed by atoms with Gasteiger partial charge in [0, 0.05) is 6.07 Å². The summed E-state index contributed by atoms with van der Waals surface area (Å²) in [6, 6.07) is 2.84. The lowest BCUT2D eigenvalue weighted by Gasteiger charge is -2.10. The number of hydrogen-bond donors (Lipinski definition) is 3. The monoisotopic (exact) mass is 210 g/mol. The zero-order valence-electron chi connectivity index (χ0n) is 8.69. The van der Waals surface area contributed by atoms with Crippen molar-refractivity contribution in [2.45, 2.75) is 20.3 Å². The van der Waals surface area contributed by atoms with Gasteiger partial charge in [-0.25, -0.2) is 0 Å². The molecule has 0 saturated carbocycles. The lowest BCUT2D eigenvalue weighted by molar-refractivity contribution is -0.141. The number of carboxylic acids is 1.